The average molecular weight is 523 g/mol. The number of amides is 1. The topological polar surface area (TPSA) is 84.9 Å². The normalized spacial score (nSPS) is 11.2. The van der Waals surface area contributed by atoms with Gasteiger partial charge in [0.05, 0.1) is 23.7 Å². The van der Waals surface area contributed by atoms with Crippen LogP contribution in [0.1, 0.15) is 6.92 Å². The molecule has 1 N–H and O–H groups in total. The third kappa shape index (κ3) is 6.37. The number of fused-ring (bicyclic) bond motifs is 1. The zero-order valence-electron chi connectivity index (χ0n) is 20.3. The molecular formula is C28H27FN2O5S. The molecule has 0 aliphatic heterocycles. The summed E-state index contributed by atoms with van der Waals surface area (Å²) in [6.07, 6.45) is 0. The number of carbonyl (C=O) groups is 1. The van der Waals surface area contributed by atoms with E-state index in [2.05, 4.69) is 5.32 Å². The molecule has 0 spiro atoms. The first-order valence-corrected chi connectivity index (χ1v) is 13.2. The number of benzene rings is 4. The highest BCUT2D eigenvalue weighted by Gasteiger charge is 2.27. The van der Waals surface area contributed by atoms with E-state index in [1.807, 2.05) is 49.4 Å². The van der Waals surface area contributed by atoms with Gasteiger partial charge in [-0.3, -0.25) is 9.10 Å². The smallest absolute Gasteiger partial charge is 0.264 e. The molecule has 4 aromatic rings. The molecule has 7 nitrogen and oxygen atoms in total. The van der Waals surface area contributed by atoms with Gasteiger partial charge in [0.25, 0.3) is 10.0 Å². The van der Waals surface area contributed by atoms with Gasteiger partial charge in [-0.2, -0.15) is 0 Å². The second kappa shape index (κ2) is 11.7. The van der Waals surface area contributed by atoms with Gasteiger partial charge in [0.15, 0.2) is 0 Å². The molecule has 0 saturated carbocycles. The first kappa shape index (κ1) is 26.0. The molecule has 0 atom stereocenters. The van der Waals surface area contributed by atoms with Gasteiger partial charge >= 0.3 is 0 Å². The highest BCUT2D eigenvalue weighted by molar-refractivity contribution is 7.92. The van der Waals surface area contributed by atoms with Crippen molar-refractivity contribution in [2.45, 2.75) is 11.8 Å². The molecular weight excluding hydrogens is 495 g/mol. The molecule has 0 heterocycles. The maximum atomic E-state index is 13.4. The minimum atomic E-state index is -4.16. The molecule has 0 unspecified atom stereocenters. The number of halogens is 1. The van der Waals surface area contributed by atoms with Gasteiger partial charge in [-0.05, 0) is 66.9 Å². The summed E-state index contributed by atoms with van der Waals surface area (Å²) in [7, 11) is -4.16. The molecule has 0 fully saturated rings. The van der Waals surface area contributed by atoms with Crippen LogP contribution in [0.3, 0.4) is 0 Å². The number of sulfonamides is 1. The van der Waals surface area contributed by atoms with E-state index in [0.29, 0.717) is 18.1 Å². The van der Waals surface area contributed by atoms with Crippen molar-refractivity contribution in [2.75, 3.05) is 30.6 Å². The number of rotatable bonds is 11. The Morgan fingerprint density at radius 1 is 0.892 bits per heavy atom. The summed E-state index contributed by atoms with van der Waals surface area (Å²) in [5.41, 5.74) is 0.273. The number of ether oxygens (including phenoxy) is 2. The van der Waals surface area contributed by atoms with E-state index in [-0.39, 0.29) is 23.7 Å². The van der Waals surface area contributed by atoms with E-state index in [1.54, 1.807) is 24.3 Å². The summed E-state index contributed by atoms with van der Waals surface area (Å²) in [4.78, 5) is 12.7. The zero-order valence-corrected chi connectivity index (χ0v) is 21.1. The summed E-state index contributed by atoms with van der Waals surface area (Å²) in [5.74, 6) is 0.194. The Morgan fingerprint density at radius 3 is 2.32 bits per heavy atom. The molecule has 0 aliphatic rings. The second-order valence-corrected chi connectivity index (χ2v) is 9.93. The van der Waals surface area contributed by atoms with Crippen LogP contribution in [0.2, 0.25) is 0 Å². The van der Waals surface area contributed by atoms with Crippen LogP contribution in [0.25, 0.3) is 10.8 Å². The summed E-state index contributed by atoms with van der Waals surface area (Å²) in [6, 6.07) is 24.4. The van der Waals surface area contributed by atoms with E-state index in [1.165, 1.54) is 12.1 Å². The van der Waals surface area contributed by atoms with Crippen LogP contribution >= 0.6 is 0 Å². The van der Waals surface area contributed by atoms with Crippen molar-refractivity contribution in [1.82, 2.24) is 5.32 Å². The van der Waals surface area contributed by atoms with Crippen LogP contribution in [0, 0.1) is 5.82 Å². The maximum absolute atomic E-state index is 13.4. The fraction of sp³-hybridized carbons (Fsp3) is 0.179. The van der Waals surface area contributed by atoms with E-state index in [0.717, 1.165) is 27.2 Å². The summed E-state index contributed by atoms with van der Waals surface area (Å²) in [6.45, 7) is 2.21. The van der Waals surface area contributed by atoms with Gasteiger partial charge in [-0.15, -0.1) is 0 Å². The van der Waals surface area contributed by atoms with E-state index < -0.39 is 28.3 Å². The first-order valence-electron chi connectivity index (χ1n) is 11.8. The van der Waals surface area contributed by atoms with Crippen molar-refractivity contribution in [3.8, 4) is 11.5 Å². The van der Waals surface area contributed by atoms with Crippen LogP contribution in [0.5, 0.6) is 11.5 Å². The molecule has 0 aromatic heterocycles. The predicted octanol–water partition coefficient (Wildman–Crippen LogP) is 4.77. The van der Waals surface area contributed by atoms with Gasteiger partial charge in [0.1, 0.15) is 30.5 Å². The number of hydrogen-bond donors (Lipinski definition) is 1. The monoisotopic (exact) mass is 522 g/mol. The standard InChI is InChI=1S/C28H27FN2O5S/c1-2-35-24-14-12-23(13-15-24)31(37(33,34)25-16-10-22(29)11-17-25)20-28(32)30-18-19-36-27-9-5-7-21-6-3-4-8-26(21)27/h3-17H,2,18-20H2,1H3,(H,30,32). The largest absolute Gasteiger partial charge is 0.494 e. The Morgan fingerprint density at radius 2 is 1.59 bits per heavy atom. The Bertz CT molecular complexity index is 1450. The lowest BCUT2D eigenvalue weighted by molar-refractivity contribution is -0.119. The molecule has 0 aliphatic carbocycles. The zero-order chi connectivity index (χ0) is 26.3. The van der Waals surface area contributed by atoms with Crippen molar-refractivity contribution in [3.05, 3.63) is 96.8 Å². The van der Waals surface area contributed by atoms with E-state index in [9.17, 15) is 17.6 Å². The lowest BCUT2D eigenvalue weighted by Crippen LogP contribution is -2.41. The minimum absolute atomic E-state index is 0.130. The SMILES string of the molecule is CCOc1ccc(N(CC(=O)NCCOc2cccc3ccccc23)S(=O)(=O)c2ccc(F)cc2)cc1. The summed E-state index contributed by atoms with van der Waals surface area (Å²) >= 11 is 0. The Kier molecular flexibility index (Phi) is 8.25. The lowest BCUT2D eigenvalue weighted by atomic mass is 10.1. The Hall–Kier alpha value is -4.11. The lowest BCUT2D eigenvalue weighted by Gasteiger charge is -2.24. The summed E-state index contributed by atoms with van der Waals surface area (Å²) < 4.78 is 52.5. The van der Waals surface area contributed by atoms with Crippen LogP contribution in [-0.4, -0.2) is 40.6 Å². The Balaban J connectivity index is 1.45. The molecule has 0 saturated heterocycles. The minimum Gasteiger partial charge on any atom is -0.494 e. The van der Waals surface area contributed by atoms with Crippen LogP contribution in [-0.2, 0) is 14.8 Å². The van der Waals surface area contributed by atoms with Crippen molar-refractivity contribution < 1.29 is 27.1 Å². The van der Waals surface area contributed by atoms with Gasteiger partial charge in [0, 0.05) is 5.39 Å². The highest BCUT2D eigenvalue weighted by atomic mass is 32.2. The van der Waals surface area contributed by atoms with Gasteiger partial charge in [-0.25, -0.2) is 12.8 Å². The predicted molar refractivity (Wildman–Crippen MR) is 141 cm³/mol. The maximum Gasteiger partial charge on any atom is 0.264 e. The molecule has 192 valence electrons. The number of hydrogen-bond acceptors (Lipinski definition) is 5. The van der Waals surface area contributed by atoms with E-state index >= 15 is 0 Å². The highest BCUT2D eigenvalue weighted by Crippen LogP contribution is 2.27. The second-order valence-electron chi connectivity index (χ2n) is 8.07. The molecule has 0 radical (unpaired) electrons. The van der Waals surface area contributed by atoms with Crippen molar-refractivity contribution in [1.29, 1.82) is 0 Å². The Labute approximate surface area is 215 Å². The van der Waals surface area contributed by atoms with Crippen molar-refractivity contribution in [3.63, 3.8) is 0 Å². The molecule has 4 aromatic carbocycles. The molecule has 4 rings (SSSR count). The number of anilines is 1. The van der Waals surface area contributed by atoms with Crippen LogP contribution < -0.4 is 19.1 Å². The van der Waals surface area contributed by atoms with Gasteiger partial charge in [0.2, 0.25) is 5.91 Å². The van der Waals surface area contributed by atoms with E-state index in [4.69, 9.17) is 9.47 Å². The van der Waals surface area contributed by atoms with Gasteiger partial charge in [-0.1, -0.05) is 36.4 Å². The number of nitrogens with zero attached hydrogens (tertiary/aromatic N) is 1. The molecule has 1 amide bonds. The third-order valence-corrected chi connectivity index (χ3v) is 7.34. The quantitative estimate of drug-likeness (QED) is 0.287. The fourth-order valence-corrected chi connectivity index (χ4v) is 5.20. The van der Waals surface area contributed by atoms with Crippen molar-refractivity contribution >= 4 is 32.4 Å². The number of nitrogens with one attached hydrogen (secondary N) is 1. The molecule has 9 heteroatoms. The fourth-order valence-electron chi connectivity index (χ4n) is 3.78. The van der Waals surface area contributed by atoms with Crippen molar-refractivity contribution in [2.24, 2.45) is 0 Å². The summed E-state index contributed by atoms with van der Waals surface area (Å²) in [5, 5.41) is 4.71. The third-order valence-electron chi connectivity index (χ3n) is 5.56. The first-order chi connectivity index (χ1) is 17.9. The van der Waals surface area contributed by atoms with Crippen LogP contribution in [0.15, 0.2) is 95.9 Å². The average Bonchev–Trinajstić information content (AvgIpc) is 2.91. The number of carbonyl (C=O) groups excluding carboxylic acids is 1. The molecule has 37 heavy (non-hydrogen) atoms. The molecule has 0 bridgehead atoms. The van der Waals surface area contributed by atoms with Gasteiger partial charge < -0.3 is 14.8 Å². The van der Waals surface area contributed by atoms with Crippen LogP contribution in [0.4, 0.5) is 10.1 Å².